The first-order valence-corrected chi connectivity index (χ1v) is 13.0. The monoisotopic (exact) mass is 644 g/mol. The van der Waals surface area contributed by atoms with Crippen molar-refractivity contribution in [2.75, 3.05) is 13.2 Å². The van der Waals surface area contributed by atoms with Gasteiger partial charge in [0.15, 0.2) is 52.2 Å². The summed E-state index contributed by atoms with van der Waals surface area (Å²) in [5.74, 6) is -25.8. The maximum Gasteiger partial charge on any atom is 0.305 e. The molecule has 44 heavy (non-hydrogen) atoms. The number of rotatable bonds is 12. The summed E-state index contributed by atoms with van der Waals surface area (Å²) in [5.41, 5.74) is -3.84. The van der Waals surface area contributed by atoms with Gasteiger partial charge in [0.1, 0.15) is 12.6 Å². The lowest BCUT2D eigenvalue weighted by molar-refractivity contribution is -0.144. The van der Waals surface area contributed by atoms with Crippen LogP contribution in [-0.2, 0) is 24.8 Å². The SMILES string of the molecule is CC(C)[C@H](NC1(c2c(F)c(F)c(F)c(F)c2F)CCCCO1)C(=O)N[C@@H](CC(=O)O)C(=O)COc1c(F)c(F)cc(F)c1F. The van der Waals surface area contributed by atoms with Gasteiger partial charge < -0.3 is 19.9 Å². The Hall–Kier alpha value is -3.86. The first kappa shape index (κ1) is 34.6. The standard InChI is InChI=1S/C27H25F9N2O6/c1-10(2)24(38-27(5-3-4-6-44-27)16-19(32)21(34)23(36)22(35)20(16)33)26(42)37-13(8-15(40)41)14(39)9-43-25-17(30)11(28)7-12(29)18(25)31/h7,10,13,24,38H,3-6,8-9H2,1-2H3,(H,37,42)(H,40,41)/t13-,24-,27?/m0/s1. The smallest absolute Gasteiger partial charge is 0.305 e. The van der Waals surface area contributed by atoms with Crippen molar-refractivity contribution in [3.63, 3.8) is 0 Å². The number of hydrogen-bond donors (Lipinski definition) is 3. The molecule has 2 aromatic rings. The zero-order valence-corrected chi connectivity index (χ0v) is 22.9. The van der Waals surface area contributed by atoms with Gasteiger partial charge >= 0.3 is 5.97 Å². The maximum atomic E-state index is 14.9. The third-order valence-corrected chi connectivity index (χ3v) is 6.74. The number of Topliss-reactive ketones (excluding diaryl/α,β-unsaturated/α-hetero) is 1. The molecule has 1 fully saturated rings. The molecule has 2 aromatic carbocycles. The fourth-order valence-corrected chi connectivity index (χ4v) is 4.53. The lowest BCUT2D eigenvalue weighted by Gasteiger charge is -2.42. The summed E-state index contributed by atoms with van der Waals surface area (Å²) in [6, 6.07) is -3.76. The molecule has 0 radical (unpaired) electrons. The molecule has 1 aliphatic rings. The van der Waals surface area contributed by atoms with E-state index in [4.69, 9.17) is 4.74 Å². The number of carbonyl (C=O) groups is 3. The van der Waals surface area contributed by atoms with Crippen molar-refractivity contribution in [1.82, 2.24) is 10.6 Å². The summed E-state index contributed by atoms with van der Waals surface area (Å²) in [6.07, 6.45) is -1.05. The Kier molecular flexibility index (Phi) is 10.9. The number of ketones is 1. The van der Waals surface area contributed by atoms with Crippen molar-refractivity contribution < 1.29 is 68.5 Å². The molecule has 1 aliphatic heterocycles. The Bertz CT molecular complexity index is 1390. The summed E-state index contributed by atoms with van der Waals surface area (Å²) in [6.45, 7) is 1.15. The van der Waals surface area contributed by atoms with Gasteiger partial charge in [-0.3, -0.25) is 19.7 Å². The number of halogens is 9. The number of carboxylic acid groups (broad SMARTS) is 1. The molecule has 1 heterocycles. The largest absolute Gasteiger partial charge is 0.481 e. The molecule has 3 N–H and O–H groups in total. The van der Waals surface area contributed by atoms with Crippen LogP contribution >= 0.6 is 0 Å². The Labute approximate surface area is 243 Å². The number of aliphatic carboxylic acids is 1. The van der Waals surface area contributed by atoms with E-state index in [1.807, 2.05) is 5.32 Å². The predicted octanol–water partition coefficient (Wildman–Crippen LogP) is 4.51. The fraction of sp³-hybridized carbons (Fsp3) is 0.444. The molecule has 3 rings (SSSR count). The second kappa shape index (κ2) is 13.8. The highest BCUT2D eigenvalue weighted by atomic mass is 19.2. The first-order valence-electron chi connectivity index (χ1n) is 13.0. The number of amides is 1. The average Bonchev–Trinajstić information content (AvgIpc) is 2.96. The summed E-state index contributed by atoms with van der Waals surface area (Å²) in [5, 5.41) is 13.8. The van der Waals surface area contributed by atoms with Crippen molar-refractivity contribution in [3.05, 3.63) is 64.0 Å². The minimum Gasteiger partial charge on any atom is -0.481 e. The van der Waals surface area contributed by atoms with Crippen LogP contribution in [0, 0.1) is 58.3 Å². The summed E-state index contributed by atoms with van der Waals surface area (Å²) >= 11 is 0. The number of carbonyl (C=O) groups excluding carboxylic acids is 2. The molecule has 8 nitrogen and oxygen atoms in total. The minimum atomic E-state index is -2.44. The summed E-state index contributed by atoms with van der Waals surface area (Å²) < 4.78 is 137. The fourth-order valence-electron chi connectivity index (χ4n) is 4.53. The van der Waals surface area contributed by atoms with Gasteiger partial charge in [0.05, 0.1) is 18.0 Å². The number of ether oxygens (including phenoxy) is 2. The topological polar surface area (TPSA) is 114 Å². The van der Waals surface area contributed by atoms with Crippen LogP contribution in [0.15, 0.2) is 6.07 Å². The molecule has 242 valence electrons. The van der Waals surface area contributed by atoms with E-state index in [9.17, 15) is 59.0 Å². The van der Waals surface area contributed by atoms with E-state index < -0.39 is 118 Å². The Balaban J connectivity index is 1.92. The lowest BCUT2D eigenvalue weighted by Crippen LogP contribution is -2.60. The number of benzene rings is 2. The minimum absolute atomic E-state index is 0.124. The normalized spacial score (nSPS) is 18.2. The zero-order chi connectivity index (χ0) is 33.1. The summed E-state index contributed by atoms with van der Waals surface area (Å²) in [4.78, 5) is 37.5. The van der Waals surface area contributed by atoms with Gasteiger partial charge in [-0.2, -0.15) is 8.78 Å². The van der Waals surface area contributed by atoms with Gasteiger partial charge in [-0.1, -0.05) is 13.8 Å². The van der Waals surface area contributed by atoms with Crippen molar-refractivity contribution in [2.24, 2.45) is 5.92 Å². The second-order valence-electron chi connectivity index (χ2n) is 10.2. The Morgan fingerprint density at radius 1 is 0.886 bits per heavy atom. The van der Waals surface area contributed by atoms with Crippen molar-refractivity contribution >= 4 is 17.7 Å². The van der Waals surface area contributed by atoms with Crippen LogP contribution in [0.5, 0.6) is 5.75 Å². The molecule has 0 saturated carbocycles. The first-order chi connectivity index (χ1) is 20.5. The van der Waals surface area contributed by atoms with E-state index in [-0.39, 0.29) is 25.5 Å². The van der Waals surface area contributed by atoms with Gasteiger partial charge in [-0.15, -0.1) is 0 Å². The van der Waals surface area contributed by atoms with Crippen LogP contribution in [0.25, 0.3) is 0 Å². The highest BCUT2D eigenvalue weighted by Gasteiger charge is 2.46. The molecule has 0 spiro atoms. The zero-order valence-electron chi connectivity index (χ0n) is 22.9. The van der Waals surface area contributed by atoms with Gasteiger partial charge in [-0.05, 0) is 25.2 Å². The lowest BCUT2D eigenvalue weighted by atomic mass is 9.90. The van der Waals surface area contributed by atoms with E-state index in [0.717, 1.165) is 0 Å². The van der Waals surface area contributed by atoms with Crippen LogP contribution < -0.4 is 15.4 Å². The van der Waals surface area contributed by atoms with E-state index in [1.54, 1.807) is 0 Å². The number of nitrogens with one attached hydrogen (secondary N) is 2. The number of hydrogen-bond acceptors (Lipinski definition) is 6. The van der Waals surface area contributed by atoms with E-state index in [0.29, 0.717) is 6.42 Å². The van der Waals surface area contributed by atoms with Gasteiger partial charge in [0.25, 0.3) is 0 Å². The van der Waals surface area contributed by atoms with Crippen molar-refractivity contribution in [3.8, 4) is 5.75 Å². The van der Waals surface area contributed by atoms with Crippen LogP contribution in [0.1, 0.15) is 45.1 Å². The average molecular weight is 644 g/mol. The molecule has 17 heteroatoms. The number of carboxylic acids is 1. The molecule has 0 aromatic heterocycles. The Morgan fingerprint density at radius 3 is 1.91 bits per heavy atom. The van der Waals surface area contributed by atoms with Crippen molar-refractivity contribution in [1.29, 1.82) is 0 Å². The van der Waals surface area contributed by atoms with E-state index in [1.165, 1.54) is 13.8 Å². The third kappa shape index (κ3) is 7.09. The van der Waals surface area contributed by atoms with Crippen molar-refractivity contribution in [2.45, 2.75) is 57.3 Å². The van der Waals surface area contributed by atoms with Gasteiger partial charge in [0, 0.05) is 12.7 Å². The molecule has 0 bridgehead atoms. The Morgan fingerprint density at radius 2 is 1.43 bits per heavy atom. The molecular formula is C27H25F9N2O6. The van der Waals surface area contributed by atoms with Crippen LogP contribution in [0.3, 0.4) is 0 Å². The maximum absolute atomic E-state index is 14.9. The molecule has 0 aliphatic carbocycles. The van der Waals surface area contributed by atoms with Gasteiger partial charge in [-0.25, -0.2) is 30.7 Å². The van der Waals surface area contributed by atoms with Gasteiger partial charge in [0.2, 0.25) is 23.4 Å². The van der Waals surface area contributed by atoms with Crippen LogP contribution in [-0.4, -0.2) is 48.1 Å². The van der Waals surface area contributed by atoms with E-state index in [2.05, 4.69) is 10.1 Å². The molecular weight excluding hydrogens is 619 g/mol. The third-order valence-electron chi connectivity index (χ3n) is 6.74. The molecule has 1 saturated heterocycles. The highest BCUT2D eigenvalue weighted by molar-refractivity contribution is 5.94. The predicted molar refractivity (Wildman–Crippen MR) is 130 cm³/mol. The molecule has 1 unspecified atom stereocenters. The second-order valence-corrected chi connectivity index (χ2v) is 10.2. The quantitative estimate of drug-likeness (QED) is 0.177. The molecule has 3 atom stereocenters. The summed E-state index contributed by atoms with van der Waals surface area (Å²) in [7, 11) is 0. The highest BCUT2D eigenvalue weighted by Crippen LogP contribution is 2.39. The van der Waals surface area contributed by atoms with E-state index >= 15 is 0 Å². The molecule has 1 amide bonds. The van der Waals surface area contributed by atoms with Crippen LogP contribution in [0.4, 0.5) is 39.5 Å². The van der Waals surface area contributed by atoms with Crippen LogP contribution in [0.2, 0.25) is 0 Å².